The number of halogens is 1. The number of H-pyrrole nitrogens is 1. The molecule has 2 saturated heterocycles. The molecule has 1 aromatic carbocycles. The molecule has 0 atom stereocenters. The molecule has 0 radical (unpaired) electrons. The molecular formula is C23H28FN5O2. The molecule has 1 aliphatic carbocycles. The first-order chi connectivity index (χ1) is 15.1. The Balaban J connectivity index is 1.10. The smallest absolute Gasteiger partial charge is 0.253 e. The van der Waals surface area contributed by atoms with Gasteiger partial charge in [0.2, 0.25) is 5.91 Å². The largest absolute Gasteiger partial charge is 0.342 e. The molecule has 164 valence electrons. The average Bonchev–Trinajstić information content (AvgIpc) is 3.55. The second-order valence-corrected chi connectivity index (χ2v) is 9.03. The molecule has 2 aliphatic heterocycles. The predicted octanol–water partition coefficient (Wildman–Crippen LogP) is 3.08. The minimum atomic E-state index is -0.351. The van der Waals surface area contributed by atoms with Crippen molar-refractivity contribution in [2.45, 2.75) is 50.4 Å². The number of aromatic amines is 1. The number of benzene rings is 1. The monoisotopic (exact) mass is 425 g/mol. The predicted molar refractivity (Wildman–Crippen MR) is 112 cm³/mol. The molecule has 3 fully saturated rings. The molecule has 31 heavy (non-hydrogen) atoms. The highest BCUT2D eigenvalue weighted by Gasteiger charge is 2.34. The molecule has 2 amide bonds. The van der Waals surface area contributed by atoms with Crippen molar-refractivity contribution in [3.63, 3.8) is 0 Å². The molecule has 3 heterocycles. The standard InChI is InChI=1S/C23H28FN5O2/c24-19-5-3-17(4-6-19)22(30)29-13-9-18(10-14-29)23(31)28-11-7-16(8-12-28)21-25-20(26-27-21)15-1-2-15/h3-6,15-16,18H,1-2,7-14H2,(H,25,26,27). The van der Waals surface area contributed by atoms with E-state index in [1.165, 1.54) is 37.1 Å². The van der Waals surface area contributed by atoms with Crippen LogP contribution in [0, 0.1) is 11.7 Å². The molecule has 1 N–H and O–H groups in total. The number of amides is 2. The van der Waals surface area contributed by atoms with Crippen LogP contribution in [0.4, 0.5) is 4.39 Å². The number of likely N-dealkylation sites (tertiary alicyclic amines) is 2. The molecule has 5 rings (SSSR count). The van der Waals surface area contributed by atoms with E-state index < -0.39 is 0 Å². The lowest BCUT2D eigenvalue weighted by Gasteiger charge is -2.37. The quantitative estimate of drug-likeness (QED) is 0.816. The number of rotatable bonds is 4. The molecule has 0 spiro atoms. The first-order valence-electron chi connectivity index (χ1n) is 11.3. The van der Waals surface area contributed by atoms with Gasteiger partial charge in [-0.05, 0) is 62.8 Å². The Morgan fingerprint density at radius 3 is 2.16 bits per heavy atom. The highest BCUT2D eigenvalue weighted by molar-refractivity contribution is 5.94. The zero-order valence-corrected chi connectivity index (χ0v) is 17.6. The summed E-state index contributed by atoms with van der Waals surface area (Å²) in [4.78, 5) is 34.1. The van der Waals surface area contributed by atoms with E-state index in [0.717, 1.165) is 37.6 Å². The summed E-state index contributed by atoms with van der Waals surface area (Å²) in [6.45, 7) is 2.62. The van der Waals surface area contributed by atoms with Crippen molar-refractivity contribution in [3.05, 3.63) is 47.3 Å². The lowest BCUT2D eigenvalue weighted by Crippen LogP contribution is -2.46. The van der Waals surface area contributed by atoms with Gasteiger partial charge in [-0.3, -0.25) is 14.7 Å². The van der Waals surface area contributed by atoms with Crippen LogP contribution in [-0.2, 0) is 4.79 Å². The number of aromatic nitrogens is 3. The average molecular weight is 426 g/mol. The number of nitrogens with zero attached hydrogens (tertiary/aromatic N) is 4. The third-order valence-electron chi connectivity index (χ3n) is 6.88. The third-order valence-corrected chi connectivity index (χ3v) is 6.88. The molecule has 2 aromatic rings. The van der Waals surface area contributed by atoms with Crippen molar-refractivity contribution in [2.75, 3.05) is 26.2 Å². The molecular weight excluding hydrogens is 397 g/mol. The second kappa shape index (κ2) is 8.40. The third kappa shape index (κ3) is 4.34. The maximum Gasteiger partial charge on any atom is 0.253 e. The van der Waals surface area contributed by atoms with Gasteiger partial charge in [-0.1, -0.05) is 0 Å². The van der Waals surface area contributed by atoms with Crippen molar-refractivity contribution in [3.8, 4) is 0 Å². The van der Waals surface area contributed by atoms with Crippen molar-refractivity contribution < 1.29 is 14.0 Å². The zero-order valence-electron chi connectivity index (χ0n) is 17.6. The number of nitrogens with one attached hydrogen (secondary N) is 1. The summed E-state index contributed by atoms with van der Waals surface area (Å²) >= 11 is 0. The van der Waals surface area contributed by atoms with Gasteiger partial charge >= 0.3 is 0 Å². The van der Waals surface area contributed by atoms with Crippen LogP contribution in [0.15, 0.2) is 24.3 Å². The summed E-state index contributed by atoms with van der Waals surface area (Å²) in [5, 5.41) is 7.47. The van der Waals surface area contributed by atoms with Crippen LogP contribution in [0.2, 0.25) is 0 Å². The summed E-state index contributed by atoms with van der Waals surface area (Å²) in [7, 11) is 0. The number of carbonyl (C=O) groups is 2. The Kier molecular flexibility index (Phi) is 5.46. The van der Waals surface area contributed by atoms with E-state index in [1.54, 1.807) is 4.90 Å². The van der Waals surface area contributed by atoms with E-state index in [0.29, 0.717) is 43.3 Å². The van der Waals surface area contributed by atoms with Crippen LogP contribution < -0.4 is 0 Å². The van der Waals surface area contributed by atoms with E-state index in [4.69, 9.17) is 0 Å². The molecule has 7 nitrogen and oxygen atoms in total. The minimum absolute atomic E-state index is 0.0273. The normalized spacial score (nSPS) is 20.8. The second-order valence-electron chi connectivity index (χ2n) is 9.03. The molecule has 0 unspecified atom stereocenters. The number of hydrogen-bond acceptors (Lipinski definition) is 4. The van der Waals surface area contributed by atoms with E-state index >= 15 is 0 Å². The Bertz CT molecular complexity index is 939. The van der Waals surface area contributed by atoms with Gasteiger partial charge in [0.15, 0.2) is 5.82 Å². The van der Waals surface area contributed by atoms with Gasteiger partial charge in [-0.2, -0.15) is 5.10 Å². The number of piperidine rings is 2. The van der Waals surface area contributed by atoms with E-state index in [-0.39, 0.29) is 23.5 Å². The fourth-order valence-electron chi connectivity index (χ4n) is 4.73. The molecule has 1 saturated carbocycles. The molecule has 1 aromatic heterocycles. The zero-order chi connectivity index (χ0) is 21.4. The fraction of sp³-hybridized carbons (Fsp3) is 0.565. The van der Waals surface area contributed by atoms with Crippen LogP contribution in [0.25, 0.3) is 0 Å². The molecule has 0 bridgehead atoms. The van der Waals surface area contributed by atoms with Crippen LogP contribution in [-0.4, -0.2) is 63.0 Å². The Morgan fingerprint density at radius 2 is 1.52 bits per heavy atom. The van der Waals surface area contributed by atoms with Gasteiger partial charge in [0.25, 0.3) is 5.91 Å². The first-order valence-corrected chi connectivity index (χ1v) is 11.3. The van der Waals surface area contributed by atoms with Crippen LogP contribution in [0.1, 0.15) is 72.4 Å². The molecule has 3 aliphatic rings. The summed E-state index contributed by atoms with van der Waals surface area (Å²) in [6, 6.07) is 5.64. The highest BCUT2D eigenvalue weighted by Crippen LogP contribution is 2.38. The number of carbonyl (C=O) groups excluding carboxylic acids is 2. The Morgan fingerprint density at radius 1 is 0.871 bits per heavy atom. The van der Waals surface area contributed by atoms with Gasteiger partial charge in [0.05, 0.1) is 0 Å². The summed E-state index contributed by atoms with van der Waals surface area (Å²) in [5.41, 5.74) is 0.491. The topological polar surface area (TPSA) is 82.2 Å². The Hall–Kier alpha value is -2.77. The van der Waals surface area contributed by atoms with Crippen molar-refractivity contribution in [1.82, 2.24) is 25.0 Å². The SMILES string of the molecule is O=C(c1ccc(F)cc1)N1CCC(C(=O)N2CCC(c3nc(C4CC4)n[nH]3)CC2)CC1. The number of hydrogen-bond donors (Lipinski definition) is 1. The van der Waals surface area contributed by atoms with E-state index in [9.17, 15) is 14.0 Å². The fourth-order valence-corrected chi connectivity index (χ4v) is 4.73. The summed E-state index contributed by atoms with van der Waals surface area (Å²) < 4.78 is 13.1. The molecule has 8 heteroatoms. The highest BCUT2D eigenvalue weighted by atomic mass is 19.1. The van der Waals surface area contributed by atoms with E-state index in [2.05, 4.69) is 15.2 Å². The van der Waals surface area contributed by atoms with Crippen molar-refractivity contribution >= 4 is 11.8 Å². The maximum atomic E-state index is 13.1. The lowest BCUT2D eigenvalue weighted by molar-refractivity contribution is -0.138. The summed E-state index contributed by atoms with van der Waals surface area (Å²) in [5.74, 6) is 2.56. The minimum Gasteiger partial charge on any atom is -0.342 e. The van der Waals surface area contributed by atoms with E-state index in [1.807, 2.05) is 4.90 Å². The summed E-state index contributed by atoms with van der Waals surface area (Å²) in [6.07, 6.45) is 5.56. The van der Waals surface area contributed by atoms with Crippen LogP contribution >= 0.6 is 0 Å². The van der Waals surface area contributed by atoms with Gasteiger partial charge < -0.3 is 9.80 Å². The van der Waals surface area contributed by atoms with Crippen molar-refractivity contribution in [2.24, 2.45) is 5.92 Å². The van der Waals surface area contributed by atoms with Crippen molar-refractivity contribution in [1.29, 1.82) is 0 Å². The maximum absolute atomic E-state index is 13.1. The Labute approximate surface area is 181 Å². The van der Waals surface area contributed by atoms with Gasteiger partial charge in [-0.25, -0.2) is 9.37 Å². The van der Waals surface area contributed by atoms with Gasteiger partial charge in [-0.15, -0.1) is 0 Å². The van der Waals surface area contributed by atoms with Crippen LogP contribution in [0.3, 0.4) is 0 Å². The van der Waals surface area contributed by atoms with Gasteiger partial charge in [0, 0.05) is 49.5 Å². The van der Waals surface area contributed by atoms with Crippen LogP contribution in [0.5, 0.6) is 0 Å². The lowest BCUT2D eigenvalue weighted by atomic mass is 9.91. The van der Waals surface area contributed by atoms with Gasteiger partial charge in [0.1, 0.15) is 11.6 Å². The first kappa shape index (κ1) is 20.2.